The molecular weight excluding hydrogens is 350 g/mol. The highest BCUT2D eigenvalue weighted by atomic mass is 35.5. The molecule has 0 saturated carbocycles. The zero-order chi connectivity index (χ0) is 16.2. The van der Waals surface area contributed by atoms with Crippen LogP contribution in [-0.4, -0.2) is 22.4 Å². The number of nitrogens with one attached hydrogen (secondary N) is 1. The van der Waals surface area contributed by atoms with E-state index in [2.05, 4.69) is 29.4 Å². The van der Waals surface area contributed by atoms with Crippen LogP contribution in [0.2, 0.25) is 4.47 Å². The summed E-state index contributed by atoms with van der Waals surface area (Å²) in [5.41, 5.74) is 2.14. The average molecular weight is 364 g/mol. The van der Waals surface area contributed by atoms with Crippen molar-refractivity contribution in [3.63, 3.8) is 0 Å². The van der Waals surface area contributed by atoms with E-state index in [9.17, 15) is 4.79 Å². The van der Waals surface area contributed by atoms with Crippen LogP contribution in [0.3, 0.4) is 0 Å². The number of nitrogens with zero attached hydrogens (tertiary/aromatic N) is 2. The maximum absolute atomic E-state index is 11.9. The van der Waals surface area contributed by atoms with Crippen LogP contribution < -0.4 is 5.32 Å². The molecule has 0 aliphatic rings. The number of aromatic nitrogens is 2. The summed E-state index contributed by atoms with van der Waals surface area (Å²) in [5, 5.41) is 3.89. The van der Waals surface area contributed by atoms with E-state index in [0.29, 0.717) is 22.3 Å². The van der Waals surface area contributed by atoms with Gasteiger partial charge in [-0.05, 0) is 6.92 Å². The first-order valence-corrected chi connectivity index (χ1v) is 9.06. The van der Waals surface area contributed by atoms with Crippen molar-refractivity contribution in [2.75, 3.05) is 6.54 Å². The molecule has 0 unspecified atom stereocenters. The number of thiazole rings is 2. The second-order valence-corrected chi connectivity index (χ2v) is 7.76. The highest BCUT2D eigenvalue weighted by molar-refractivity contribution is 7.17. The van der Waals surface area contributed by atoms with Crippen molar-refractivity contribution >= 4 is 40.2 Å². The molecule has 0 radical (unpaired) electrons. The molecule has 0 aliphatic carbocycles. The molecule has 3 aromatic rings. The van der Waals surface area contributed by atoms with E-state index < -0.39 is 0 Å². The van der Waals surface area contributed by atoms with Crippen molar-refractivity contribution in [3.8, 4) is 11.3 Å². The van der Waals surface area contributed by atoms with E-state index in [4.69, 9.17) is 16.6 Å². The molecule has 1 aromatic carbocycles. The first-order valence-electron chi connectivity index (χ1n) is 7.05. The Morgan fingerprint density at radius 1 is 1.26 bits per heavy atom. The van der Waals surface area contributed by atoms with Gasteiger partial charge in [-0.2, -0.15) is 0 Å². The second kappa shape index (κ2) is 7.21. The van der Waals surface area contributed by atoms with Crippen molar-refractivity contribution in [2.45, 2.75) is 13.3 Å². The molecule has 0 saturated heterocycles. The Hall–Kier alpha value is -1.76. The number of aryl methyl sites for hydroxylation is 1. The van der Waals surface area contributed by atoms with Crippen molar-refractivity contribution in [1.82, 2.24) is 15.3 Å². The fourth-order valence-electron chi connectivity index (χ4n) is 2.15. The van der Waals surface area contributed by atoms with Gasteiger partial charge in [0.1, 0.15) is 4.88 Å². The fraction of sp³-hybridized carbons (Fsp3) is 0.188. The quantitative estimate of drug-likeness (QED) is 0.739. The summed E-state index contributed by atoms with van der Waals surface area (Å²) < 4.78 is 0.373. The molecule has 4 nitrogen and oxygen atoms in total. The van der Waals surface area contributed by atoms with E-state index >= 15 is 0 Å². The van der Waals surface area contributed by atoms with Gasteiger partial charge >= 0.3 is 0 Å². The molecule has 0 fully saturated rings. The number of hydrogen-bond donors (Lipinski definition) is 1. The Morgan fingerprint density at radius 3 is 2.74 bits per heavy atom. The zero-order valence-corrected chi connectivity index (χ0v) is 14.8. The molecule has 1 amide bonds. The van der Waals surface area contributed by atoms with Crippen molar-refractivity contribution in [3.05, 3.63) is 55.8 Å². The Bertz CT molecular complexity index is 814. The first-order chi connectivity index (χ1) is 11.1. The third-order valence-electron chi connectivity index (χ3n) is 3.21. The highest BCUT2D eigenvalue weighted by Crippen LogP contribution is 2.27. The minimum Gasteiger partial charge on any atom is -0.351 e. The Kier molecular flexibility index (Phi) is 5.05. The molecule has 7 heteroatoms. The number of halogens is 1. The Labute approximate surface area is 147 Å². The van der Waals surface area contributed by atoms with Crippen LogP contribution >= 0.6 is 34.3 Å². The topological polar surface area (TPSA) is 54.9 Å². The molecule has 0 atom stereocenters. The molecular formula is C16H14ClN3OS2. The van der Waals surface area contributed by atoms with Crippen LogP contribution in [0.4, 0.5) is 0 Å². The number of amides is 1. The fourth-order valence-corrected chi connectivity index (χ4v) is 3.96. The summed E-state index contributed by atoms with van der Waals surface area (Å²) in [4.78, 5) is 22.2. The lowest BCUT2D eigenvalue weighted by Crippen LogP contribution is -2.24. The lowest BCUT2D eigenvalue weighted by atomic mass is 10.1. The number of benzene rings is 1. The monoisotopic (exact) mass is 363 g/mol. The van der Waals surface area contributed by atoms with E-state index in [-0.39, 0.29) is 5.91 Å². The largest absolute Gasteiger partial charge is 0.351 e. The van der Waals surface area contributed by atoms with Crippen LogP contribution in [0.5, 0.6) is 0 Å². The lowest BCUT2D eigenvalue weighted by molar-refractivity contribution is 0.0958. The molecule has 0 spiro atoms. The molecule has 118 valence electrons. The van der Waals surface area contributed by atoms with Gasteiger partial charge in [-0.15, -0.1) is 11.3 Å². The van der Waals surface area contributed by atoms with Crippen molar-refractivity contribution < 1.29 is 4.79 Å². The second-order valence-electron chi connectivity index (χ2n) is 4.86. The number of carbonyl (C=O) groups excluding carboxylic acids is 1. The lowest BCUT2D eigenvalue weighted by Gasteiger charge is -2.01. The predicted molar refractivity (Wildman–Crippen MR) is 95.4 cm³/mol. The summed E-state index contributed by atoms with van der Waals surface area (Å²) in [5.74, 6) is -0.147. The van der Waals surface area contributed by atoms with E-state index in [1.807, 2.05) is 18.2 Å². The summed E-state index contributed by atoms with van der Waals surface area (Å²) in [7, 11) is 0. The van der Waals surface area contributed by atoms with Crippen molar-refractivity contribution in [2.24, 2.45) is 0 Å². The van der Waals surface area contributed by atoms with E-state index in [1.54, 1.807) is 11.3 Å². The van der Waals surface area contributed by atoms with Crippen molar-refractivity contribution in [1.29, 1.82) is 0 Å². The average Bonchev–Trinajstić information content (AvgIpc) is 3.14. The van der Waals surface area contributed by atoms with Gasteiger partial charge in [0.05, 0.1) is 16.9 Å². The Morgan fingerprint density at radius 2 is 2.04 bits per heavy atom. The maximum atomic E-state index is 11.9. The molecule has 23 heavy (non-hydrogen) atoms. The van der Waals surface area contributed by atoms with Crippen LogP contribution in [-0.2, 0) is 6.42 Å². The van der Waals surface area contributed by atoms with Gasteiger partial charge in [-0.3, -0.25) is 4.79 Å². The number of carbonyl (C=O) groups is 1. The van der Waals surface area contributed by atoms with E-state index in [0.717, 1.165) is 16.3 Å². The highest BCUT2D eigenvalue weighted by Gasteiger charge is 2.11. The molecule has 2 heterocycles. The minimum absolute atomic E-state index is 0.147. The van der Waals surface area contributed by atoms with Gasteiger partial charge in [0.25, 0.3) is 5.91 Å². The van der Waals surface area contributed by atoms with Gasteiger partial charge in [-0.1, -0.05) is 53.3 Å². The van der Waals surface area contributed by atoms with Gasteiger partial charge in [0, 0.05) is 23.4 Å². The standard InChI is InChI=1S/C16H14ClN3OS2/c1-10-14(11-5-3-2-4-6-11)20-13(22-10)7-8-18-15(21)12-9-19-16(17)23-12/h2-6,9H,7-8H2,1H3,(H,18,21). The molecule has 2 aromatic heterocycles. The van der Waals surface area contributed by atoms with Crippen LogP contribution in [0.1, 0.15) is 19.6 Å². The normalized spacial score (nSPS) is 10.7. The summed E-state index contributed by atoms with van der Waals surface area (Å²) >= 11 is 8.57. The molecule has 0 bridgehead atoms. The van der Waals surface area contributed by atoms with Gasteiger partial charge in [-0.25, -0.2) is 9.97 Å². The Balaban J connectivity index is 1.60. The molecule has 0 aliphatic heterocycles. The van der Waals surface area contributed by atoms with Gasteiger partial charge in [0.15, 0.2) is 4.47 Å². The SMILES string of the molecule is Cc1sc(CCNC(=O)c2cnc(Cl)s2)nc1-c1ccccc1. The molecule has 1 N–H and O–H groups in total. The van der Waals surface area contributed by atoms with Gasteiger partial charge in [0.2, 0.25) is 0 Å². The first kappa shape index (κ1) is 16.1. The maximum Gasteiger partial charge on any atom is 0.263 e. The van der Waals surface area contributed by atoms with Crippen LogP contribution in [0.25, 0.3) is 11.3 Å². The predicted octanol–water partition coefficient (Wildman–Crippen LogP) is 4.20. The third-order valence-corrected chi connectivity index (χ3v) is 5.36. The molecule has 3 rings (SSSR count). The minimum atomic E-state index is -0.147. The summed E-state index contributed by atoms with van der Waals surface area (Å²) in [6.07, 6.45) is 2.19. The summed E-state index contributed by atoms with van der Waals surface area (Å²) in [6.45, 7) is 2.61. The summed E-state index contributed by atoms with van der Waals surface area (Å²) in [6, 6.07) is 10.1. The number of rotatable bonds is 5. The third kappa shape index (κ3) is 3.96. The zero-order valence-electron chi connectivity index (χ0n) is 12.4. The van der Waals surface area contributed by atoms with Crippen LogP contribution in [0, 0.1) is 6.92 Å². The van der Waals surface area contributed by atoms with Crippen LogP contribution in [0.15, 0.2) is 36.5 Å². The van der Waals surface area contributed by atoms with E-state index in [1.165, 1.54) is 22.4 Å². The van der Waals surface area contributed by atoms with Gasteiger partial charge < -0.3 is 5.32 Å². The number of hydrogen-bond acceptors (Lipinski definition) is 5. The smallest absolute Gasteiger partial charge is 0.263 e.